The standard InChI is InChI=1S/C27H34N2O7/c1-2-34-27-18(9-6-15-30)20(21-17-35-22-10-4-3-8-19(22)25(21)32)16-23(36-27)26(33)28-12-7-14-29-13-5-11-24(29)31/h3-4,8,10,16-18,20,27,30H,2,5-7,9,11-15H2,1H3,(H,28,33)/t18-,20-,27+/m0/s1. The van der Waals surface area contributed by atoms with Crippen LogP contribution in [0.15, 0.2) is 51.6 Å². The van der Waals surface area contributed by atoms with Crippen molar-refractivity contribution in [2.75, 3.05) is 32.8 Å². The first kappa shape index (κ1) is 25.9. The molecule has 0 bridgehead atoms. The largest absolute Gasteiger partial charge is 0.464 e. The fourth-order valence-electron chi connectivity index (χ4n) is 4.94. The van der Waals surface area contributed by atoms with E-state index in [-0.39, 0.29) is 29.6 Å². The van der Waals surface area contributed by atoms with Crippen LogP contribution in [0.3, 0.4) is 0 Å². The Morgan fingerprint density at radius 1 is 1.25 bits per heavy atom. The molecule has 3 heterocycles. The lowest BCUT2D eigenvalue weighted by molar-refractivity contribution is -0.166. The monoisotopic (exact) mass is 498 g/mol. The SMILES string of the molecule is CCO[C@@H]1OC(C(=O)NCCCN2CCCC2=O)=C[C@H](c2coc3ccccc3c2=O)[C@@H]1CCCO. The van der Waals surface area contributed by atoms with Gasteiger partial charge in [0.25, 0.3) is 5.91 Å². The molecule has 2 aromatic rings. The van der Waals surface area contributed by atoms with Gasteiger partial charge in [-0.1, -0.05) is 12.1 Å². The molecule has 0 unspecified atom stereocenters. The molecule has 194 valence electrons. The minimum Gasteiger partial charge on any atom is -0.464 e. The Labute approximate surface area is 210 Å². The fraction of sp³-hybridized carbons (Fsp3) is 0.519. The smallest absolute Gasteiger partial charge is 0.286 e. The molecule has 1 saturated heterocycles. The minimum absolute atomic E-state index is 0.00896. The lowest BCUT2D eigenvalue weighted by Crippen LogP contribution is -2.40. The van der Waals surface area contributed by atoms with E-state index in [9.17, 15) is 19.5 Å². The Balaban J connectivity index is 1.57. The van der Waals surface area contributed by atoms with E-state index >= 15 is 0 Å². The molecule has 36 heavy (non-hydrogen) atoms. The molecule has 0 spiro atoms. The zero-order valence-corrected chi connectivity index (χ0v) is 20.6. The predicted molar refractivity (Wildman–Crippen MR) is 133 cm³/mol. The van der Waals surface area contributed by atoms with Crippen molar-refractivity contribution in [3.63, 3.8) is 0 Å². The zero-order chi connectivity index (χ0) is 25.5. The van der Waals surface area contributed by atoms with Gasteiger partial charge in [0.2, 0.25) is 12.2 Å². The van der Waals surface area contributed by atoms with Crippen LogP contribution in [0, 0.1) is 5.92 Å². The molecular weight excluding hydrogens is 464 g/mol. The van der Waals surface area contributed by atoms with Crippen LogP contribution >= 0.6 is 0 Å². The van der Waals surface area contributed by atoms with Gasteiger partial charge in [0, 0.05) is 56.7 Å². The Kier molecular flexibility index (Phi) is 8.77. The summed E-state index contributed by atoms with van der Waals surface area (Å²) < 4.78 is 17.6. The summed E-state index contributed by atoms with van der Waals surface area (Å²) in [5, 5.41) is 12.8. The molecule has 9 nitrogen and oxygen atoms in total. The normalized spacial score (nSPS) is 21.9. The van der Waals surface area contributed by atoms with Crippen molar-refractivity contribution in [3.05, 3.63) is 58.2 Å². The third kappa shape index (κ3) is 5.79. The number of aliphatic hydroxyl groups is 1. The van der Waals surface area contributed by atoms with Crippen molar-refractivity contribution < 1.29 is 28.6 Å². The topological polar surface area (TPSA) is 118 Å². The number of fused-ring (bicyclic) bond motifs is 1. The number of allylic oxidation sites excluding steroid dienone is 1. The highest BCUT2D eigenvalue weighted by Gasteiger charge is 2.39. The van der Waals surface area contributed by atoms with Crippen LogP contribution in [0.1, 0.15) is 50.5 Å². The second kappa shape index (κ2) is 12.2. The Hall–Kier alpha value is -3.17. The van der Waals surface area contributed by atoms with Crippen molar-refractivity contribution in [2.45, 2.75) is 51.2 Å². The molecule has 3 atom stereocenters. The number of hydrogen-bond donors (Lipinski definition) is 2. The molecule has 0 aliphatic carbocycles. The van der Waals surface area contributed by atoms with Crippen LogP contribution in [0.2, 0.25) is 0 Å². The number of likely N-dealkylation sites (tertiary alicyclic amines) is 1. The van der Waals surface area contributed by atoms with Gasteiger partial charge in [-0.25, -0.2) is 0 Å². The van der Waals surface area contributed by atoms with E-state index in [1.165, 1.54) is 6.26 Å². The van der Waals surface area contributed by atoms with Crippen LogP contribution in [-0.4, -0.2) is 61.0 Å². The number of rotatable bonds is 11. The highest BCUT2D eigenvalue weighted by atomic mass is 16.7. The first-order chi connectivity index (χ1) is 17.5. The van der Waals surface area contributed by atoms with Gasteiger partial charge in [0.1, 0.15) is 5.58 Å². The van der Waals surface area contributed by atoms with Gasteiger partial charge < -0.3 is 29.2 Å². The number of nitrogens with one attached hydrogen (secondary N) is 1. The second-order valence-corrected chi connectivity index (χ2v) is 9.14. The molecule has 1 fully saturated rings. The first-order valence-electron chi connectivity index (χ1n) is 12.7. The molecule has 0 saturated carbocycles. The van der Waals surface area contributed by atoms with E-state index in [1.54, 1.807) is 30.3 Å². The van der Waals surface area contributed by atoms with Gasteiger partial charge in [-0.2, -0.15) is 0 Å². The number of aliphatic hydroxyl groups excluding tert-OH is 1. The maximum absolute atomic E-state index is 13.4. The van der Waals surface area contributed by atoms with Crippen molar-refractivity contribution in [1.29, 1.82) is 0 Å². The summed E-state index contributed by atoms with van der Waals surface area (Å²) in [6.07, 6.45) is 5.50. The molecule has 2 amide bonds. The molecule has 1 aromatic heterocycles. The summed E-state index contributed by atoms with van der Waals surface area (Å²) in [6, 6.07) is 7.04. The highest BCUT2D eigenvalue weighted by Crippen LogP contribution is 2.38. The minimum atomic E-state index is -0.759. The maximum atomic E-state index is 13.4. The number of hydrogen-bond acceptors (Lipinski definition) is 7. The fourth-order valence-corrected chi connectivity index (χ4v) is 4.94. The molecular formula is C27H34N2O7. The van der Waals surface area contributed by atoms with E-state index in [4.69, 9.17) is 13.9 Å². The summed E-state index contributed by atoms with van der Waals surface area (Å²) in [5.74, 6) is -0.943. The quantitative estimate of drug-likeness (QED) is 0.457. The number of ether oxygens (including phenoxy) is 2. The third-order valence-corrected chi connectivity index (χ3v) is 6.76. The van der Waals surface area contributed by atoms with Gasteiger partial charge in [-0.05, 0) is 50.8 Å². The average Bonchev–Trinajstić information content (AvgIpc) is 3.30. The van der Waals surface area contributed by atoms with E-state index in [1.807, 2.05) is 11.8 Å². The predicted octanol–water partition coefficient (Wildman–Crippen LogP) is 2.67. The van der Waals surface area contributed by atoms with E-state index in [0.717, 1.165) is 13.0 Å². The summed E-state index contributed by atoms with van der Waals surface area (Å²) in [5.41, 5.74) is 0.742. The van der Waals surface area contributed by atoms with E-state index < -0.39 is 18.1 Å². The number of carbonyl (C=O) groups is 2. The van der Waals surface area contributed by atoms with Crippen LogP contribution in [0.4, 0.5) is 0 Å². The van der Waals surface area contributed by atoms with Crippen LogP contribution < -0.4 is 10.7 Å². The van der Waals surface area contributed by atoms with Gasteiger partial charge in [0.05, 0.1) is 11.6 Å². The average molecular weight is 499 g/mol. The molecule has 1 aromatic carbocycles. The Morgan fingerprint density at radius 2 is 2.08 bits per heavy atom. The van der Waals surface area contributed by atoms with E-state index in [0.29, 0.717) is 61.9 Å². The number of para-hydroxylation sites is 1. The summed E-state index contributed by atoms with van der Waals surface area (Å²) >= 11 is 0. The lowest BCUT2D eigenvalue weighted by Gasteiger charge is -2.36. The molecule has 4 rings (SSSR count). The van der Waals surface area contributed by atoms with Crippen LogP contribution in [0.5, 0.6) is 0 Å². The molecule has 0 radical (unpaired) electrons. The highest BCUT2D eigenvalue weighted by molar-refractivity contribution is 5.91. The zero-order valence-electron chi connectivity index (χ0n) is 20.6. The van der Waals surface area contributed by atoms with Gasteiger partial charge in [-0.3, -0.25) is 14.4 Å². The lowest BCUT2D eigenvalue weighted by atomic mass is 9.81. The number of benzene rings is 1. The third-order valence-electron chi connectivity index (χ3n) is 6.76. The Bertz CT molecular complexity index is 1160. The summed E-state index contributed by atoms with van der Waals surface area (Å²) in [6.45, 7) is 3.94. The molecule has 2 aliphatic heterocycles. The summed E-state index contributed by atoms with van der Waals surface area (Å²) in [7, 11) is 0. The number of amides is 2. The first-order valence-corrected chi connectivity index (χ1v) is 12.7. The molecule has 2 aliphatic rings. The Morgan fingerprint density at radius 3 is 2.83 bits per heavy atom. The summed E-state index contributed by atoms with van der Waals surface area (Å²) in [4.78, 5) is 40.0. The van der Waals surface area contributed by atoms with Crippen molar-refractivity contribution in [1.82, 2.24) is 10.2 Å². The van der Waals surface area contributed by atoms with Crippen LogP contribution in [0.25, 0.3) is 11.0 Å². The van der Waals surface area contributed by atoms with Crippen molar-refractivity contribution in [3.8, 4) is 0 Å². The maximum Gasteiger partial charge on any atom is 0.286 e. The number of nitrogens with zero attached hydrogens (tertiary/aromatic N) is 1. The molecule has 9 heteroatoms. The number of carbonyl (C=O) groups excluding carboxylic acids is 2. The van der Waals surface area contributed by atoms with Gasteiger partial charge in [0.15, 0.2) is 11.2 Å². The van der Waals surface area contributed by atoms with Crippen molar-refractivity contribution in [2.24, 2.45) is 5.92 Å². The van der Waals surface area contributed by atoms with Gasteiger partial charge >= 0.3 is 0 Å². The van der Waals surface area contributed by atoms with E-state index in [2.05, 4.69) is 5.32 Å². The van der Waals surface area contributed by atoms with Crippen molar-refractivity contribution >= 4 is 22.8 Å². The van der Waals surface area contributed by atoms with Gasteiger partial charge in [-0.15, -0.1) is 0 Å². The second-order valence-electron chi connectivity index (χ2n) is 9.14. The van der Waals surface area contributed by atoms with Crippen LogP contribution in [-0.2, 0) is 19.1 Å². The molecule has 2 N–H and O–H groups in total.